The Morgan fingerprint density at radius 1 is 1.53 bits per heavy atom. The zero-order valence-corrected chi connectivity index (χ0v) is 8.64. The Morgan fingerprint density at radius 3 is 2.88 bits per heavy atom. The molecule has 0 saturated carbocycles. The Bertz CT molecular complexity index is 474. The van der Waals surface area contributed by atoms with E-state index in [0.29, 0.717) is 11.3 Å². The van der Waals surface area contributed by atoms with Crippen molar-refractivity contribution in [3.8, 4) is 0 Å². The van der Waals surface area contributed by atoms with Gasteiger partial charge < -0.3 is 9.94 Å². The molecule has 1 heterocycles. The maximum atomic E-state index is 12.5. The Morgan fingerprint density at radius 2 is 2.29 bits per heavy atom. The number of benzene rings is 1. The highest BCUT2D eigenvalue weighted by Gasteiger charge is 2.28. The van der Waals surface area contributed by atoms with Gasteiger partial charge in [-0.25, -0.2) is 13.6 Å². The lowest BCUT2D eigenvalue weighted by Crippen LogP contribution is -2.19. The second kappa shape index (κ2) is 4.48. The van der Waals surface area contributed by atoms with Crippen molar-refractivity contribution in [3.63, 3.8) is 0 Å². The van der Waals surface area contributed by atoms with E-state index in [4.69, 9.17) is 5.11 Å². The average Bonchev–Trinajstić information content (AvgIpc) is 2.78. The number of rotatable bonds is 3. The largest absolute Gasteiger partial charge is 0.478 e. The van der Waals surface area contributed by atoms with Gasteiger partial charge in [0, 0.05) is 12.0 Å². The van der Waals surface area contributed by atoms with Crippen LogP contribution in [0.1, 0.15) is 24.0 Å². The number of carboxylic acid groups (broad SMARTS) is 1. The number of halogens is 2. The van der Waals surface area contributed by atoms with Crippen LogP contribution in [0.15, 0.2) is 29.4 Å². The summed E-state index contributed by atoms with van der Waals surface area (Å²) < 4.78 is 24.9. The van der Waals surface area contributed by atoms with Crippen LogP contribution in [0.25, 0.3) is 0 Å². The lowest BCUT2D eigenvalue weighted by Gasteiger charge is -2.03. The fourth-order valence-electron chi connectivity index (χ4n) is 1.53. The molecule has 0 spiro atoms. The molecule has 0 fully saturated rings. The average molecular weight is 241 g/mol. The first-order valence-electron chi connectivity index (χ1n) is 4.92. The molecule has 0 bridgehead atoms. The quantitative estimate of drug-likeness (QED) is 0.882. The molecule has 1 aliphatic heterocycles. The minimum atomic E-state index is -2.56. The molecule has 90 valence electrons. The van der Waals surface area contributed by atoms with Crippen LogP contribution in [-0.4, -0.2) is 22.9 Å². The topological polar surface area (TPSA) is 58.9 Å². The summed E-state index contributed by atoms with van der Waals surface area (Å²) in [6, 6.07) is 5.67. The zero-order valence-electron chi connectivity index (χ0n) is 8.64. The Balaban J connectivity index is 2.19. The van der Waals surface area contributed by atoms with E-state index in [0.717, 1.165) is 0 Å². The van der Waals surface area contributed by atoms with Gasteiger partial charge in [0.05, 0.1) is 5.71 Å². The molecule has 1 unspecified atom stereocenters. The van der Waals surface area contributed by atoms with E-state index in [2.05, 4.69) is 9.99 Å². The number of aliphatic carboxylic acids is 1. The van der Waals surface area contributed by atoms with Crippen molar-refractivity contribution in [3.05, 3.63) is 35.4 Å². The van der Waals surface area contributed by atoms with Crippen molar-refractivity contribution < 1.29 is 23.5 Å². The molecular formula is C11H9F2NO3. The summed E-state index contributed by atoms with van der Waals surface area (Å²) in [5, 5.41) is 12.3. The number of nitrogens with zero attached hydrogens (tertiary/aromatic N) is 1. The molecule has 17 heavy (non-hydrogen) atoms. The maximum Gasteiger partial charge on any atom is 0.348 e. The third kappa shape index (κ3) is 2.41. The summed E-state index contributed by atoms with van der Waals surface area (Å²) >= 11 is 0. The van der Waals surface area contributed by atoms with E-state index in [9.17, 15) is 13.6 Å². The SMILES string of the molecule is O=C(O)C1CC(c2cccc(C(F)F)c2)=NO1. The van der Waals surface area contributed by atoms with Gasteiger partial charge in [-0.15, -0.1) is 0 Å². The molecule has 2 rings (SSSR count). The predicted molar refractivity (Wildman–Crippen MR) is 55.1 cm³/mol. The molecule has 0 saturated heterocycles. The monoisotopic (exact) mass is 241 g/mol. The summed E-state index contributed by atoms with van der Waals surface area (Å²) in [5.74, 6) is -1.12. The third-order valence-corrected chi connectivity index (χ3v) is 2.42. The standard InChI is InChI=1S/C11H9F2NO3/c12-10(13)7-3-1-2-6(4-7)8-5-9(11(15)16)17-14-8/h1-4,9-10H,5H2,(H,15,16). The van der Waals surface area contributed by atoms with E-state index >= 15 is 0 Å². The number of carbonyl (C=O) groups is 1. The van der Waals surface area contributed by atoms with E-state index in [1.165, 1.54) is 18.2 Å². The summed E-state index contributed by atoms with van der Waals surface area (Å²) in [7, 11) is 0. The minimum Gasteiger partial charge on any atom is -0.478 e. The maximum absolute atomic E-state index is 12.5. The molecule has 4 nitrogen and oxygen atoms in total. The van der Waals surface area contributed by atoms with Gasteiger partial charge in [-0.05, 0) is 11.6 Å². The number of oxime groups is 1. The second-order valence-corrected chi connectivity index (χ2v) is 3.60. The Labute approximate surface area is 95.5 Å². The molecule has 6 heteroatoms. The zero-order chi connectivity index (χ0) is 12.4. The smallest absolute Gasteiger partial charge is 0.348 e. The van der Waals surface area contributed by atoms with Crippen LogP contribution in [-0.2, 0) is 9.63 Å². The van der Waals surface area contributed by atoms with Crippen molar-refractivity contribution in [2.24, 2.45) is 5.16 Å². The number of hydrogen-bond acceptors (Lipinski definition) is 3. The lowest BCUT2D eigenvalue weighted by molar-refractivity contribution is -0.148. The first-order valence-corrected chi connectivity index (χ1v) is 4.92. The van der Waals surface area contributed by atoms with Crippen molar-refractivity contribution in [1.82, 2.24) is 0 Å². The number of hydrogen-bond donors (Lipinski definition) is 1. The van der Waals surface area contributed by atoms with Crippen LogP contribution < -0.4 is 0 Å². The van der Waals surface area contributed by atoms with E-state index in [1.54, 1.807) is 6.07 Å². The van der Waals surface area contributed by atoms with Gasteiger partial charge in [-0.2, -0.15) is 0 Å². The van der Waals surface area contributed by atoms with Crippen molar-refractivity contribution in [2.75, 3.05) is 0 Å². The van der Waals surface area contributed by atoms with E-state index in [-0.39, 0.29) is 12.0 Å². The van der Waals surface area contributed by atoms with Gasteiger partial charge in [-0.3, -0.25) is 0 Å². The molecule has 1 atom stereocenters. The number of carboxylic acids is 1. The van der Waals surface area contributed by atoms with Gasteiger partial charge in [0.15, 0.2) is 0 Å². The normalized spacial score (nSPS) is 19.0. The first-order chi connectivity index (χ1) is 8.08. The highest BCUT2D eigenvalue weighted by molar-refractivity contribution is 6.03. The van der Waals surface area contributed by atoms with Crippen molar-refractivity contribution >= 4 is 11.7 Å². The van der Waals surface area contributed by atoms with Gasteiger partial charge in [0.1, 0.15) is 0 Å². The van der Waals surface area contributed by atoms with Crippen LogP contribution in [0.4, 0.5) is 8.78 Å². The summed E-state index contributed by atoms with van der Waals surface area (Å²) in [6.07, 6.45) is -3.50. The van der Waals surface area contributed by atoms with E-state index in [1.807, 2.05) is 0 Å². The fraction of sp³-hybridized carbons (Fsp3) is 0.273. The van der Waals surface area contributed by atoms with Crippen LogP contribution in [0.2, 0.25) is 0 Å². The Hall–Kier alpha value is -1.98. The van der Waals surface area contributed by atoms with Crippen LogP contribution in [0.5, 0.6) is 0 Å². The summed E-state index contributed by atoms with van der Waals surface area (Å²) in [6.45, 7) is 0. The van der Waals surface area contributed by atoms with Crippen LogP contribution in [0, 0.1) is 0 Å². The highest BCUT2D eigenvalue weighted by Crippen LogP contribution is 2.22. The highest BCUT2D eigenvalue weighted by atomic mass is 19.3. The molecule has 1 N–H and O–H groups in total. The van der Waals surface area contributed by atoms with Gasteiger partial charge in [-0.1, -0.05) is 23.4 Å². The van der Waals surface area contributed by atoms with Gasteiger partial charge in [0.25, 0.3) is 6.43 Å². The molecule has 0 aromatic heterocycles. The molecule has 1 aliphatic rings. The molecule has 0 amide bonds. The Kier molecular flexibility index (Phi) is 3.03. The number of alkyl halides is 2. The predicted octanol–water partition coefficient (Wildman–Crippen LogP) is 2.20. The van der Waals surface area contributed by atoms with Crippen LogP contribution >= 0.6 is 0 Å². The van der Waals surface area contributed by atoms with E-state index < -0.39 is 18.5 Å². The van der Waals surface area contributed by atoms with Gasteiger partial charge >= 0.3 is 5.97 Å². The fourth-order valence-corrected chi connectivity index (χ4v) is 1.53. The molecule has 0 radical (unpaired) electrons. The molecular weight excluding hydrogens is 232 g/mol. The first kappa shape index (κ1) is 11.5. The van der Waals surface area contributed by atoms with Gasteiger partial charge in [0.2, 0.25) is 6.10 Å². The van der Waals surface area contributed by atoms with Crippen molar-refractivity contribution in [1.29, 1.82) is 0 Å². The second-order valence-electron chi connectivity index (χ2n) is 3.60. The van der Waals surface area contributed by atoms with Crippen LogP contribution in [0.3, 0.4) is 0 Å². The molecule has 1 aromatic rings. The lowest BCUT2D eigenvalue weighted by atomic mass is 10.0. The third-order valence-electron chi connectivity index (χ3n) is 2.42. The minimum absolute atomic E-state index is 0.0853. The van der Waals surface area contributed by atoms with Crippen molar-refractivity contribution in [2.45, 2.75) is 19.0 Å². The molecule has 0 aliphatic carbocycles. The molecule has 1 aromatic carbocycles. The summed E-state index contributed by atoms with van der Waals surface area (Å²) in [5.41, 5.74) is 0.718. The summed E-state index contributed by atoms with van der Waals surface area (Å²) in [4.78, 5) is 15.3.